The highest BCUT2D eigenvalue weighted by Gasteiger charge is 2.23. The molecule has 9 heteroatoms. The summed E-state index contributed by atoms with van der Waals surface area (Å²) >= 11 is 0. The Bertz CT molecular complexity index is 724. The highest BCUT2D eigenvalue weighted by Crippen LogP contribution is 2.31. The molecule has 1 unspecified atom stereocenters. The minimum absolute atomic E-state index is 0.0675. The van der Waals surface area contributed by atoms with E-state index >= 15 is 0 Å². The topological polar surface area (TPSA) is 119 Å². The number of hydrogen-bond acceptors (Lipinski definition) is 7. The van der Waals surface area contributed by atoms with E-state index in [1.54, 1.807) is 6.07 Å². The average Bonchev–Trinajstić information content (AvgIpc) is 2.46. The molecule has 2 rings (SSSR count). The molecule has 1 heterocycles. The summed E-state index contributed by atoms with van der Waals surface area (Å²) in [6.45, 7) is 3.89. The summed E-state index contributed by atoms with van der Waals surface area (Å²) < 4.78 is 13.3. The van der Waals surface area contributed by atoms with Crippen LogP contribution in [0.3, 0.4) is 0 Å². The summed E-state index contributed by atoms with van der Waals surface area (Å²) in [5.74, 6) is -0.674. The average molecular weight is 320 g/mol. The van der Waals surface area contributed by atoms with Crippen LogP contribution >= 0.6 is 0 Å². The fourth-order valence-electron chi connectivity index (χ4n) is 1.83. The molecule has 0 aliphatic rings. The van der Waals surface area contributed by atoms with Gasteiger partial charge in [-0.05, 0) is 31.5 Å². The largest absolute Gasteiger partial charge is 0.378 e. The van der Waals surface area contributed by atoms with Crippen LogP contribution in [0.4, 0.5) is 33.3 Å². The van der Waals surface area contributed by atoms with E-state index in [0.717, 1.165) is 6.42 Å². The molecule has 2 aromatic rings. The molecule has 0 aliphatic carbocycles. The normalized spacial score (nSPS) is 11.8. The summed E-state index contributed by atoms with van der Waals surface area (Å²) in [7, 11) is 0. The molecule has 0 saturated carbocycles. The highest BCUT2D eigenvalue weighted by atomic mass is 19.1. The lowest BCUT2D eigenvalue weighted by atomic mass is 10.3. The molecule has 1 aromatic heterocycles. The Hall–Kier alpha value is -2.97. The molecule has 0 bridgehead atoms. The number of nitrogens with one attached hydrogen (secondary N) is 2. The number of hydrogen-bond donors (Lipinski definition) is 3. The van der Waals surface area contributed by atoms with Crippen LogP contribution in [-0.2, 0) is 0 Å². The highest BCUT2D eigenvalue weighted by molar-refractivity contribution is 5.74. The third-order valence-electron chi connectivity index (χ3n) is 3.17. The fraction of sp³-hybridized carbons (Fsp3) is 0.286. The Morgan fingerprint density at radius 2 is 2.17 bits per heavy atom. The van der Waals surface area contributed by atoms with E-state index in [1.807, 2.05) is 13.8 Å². The van der Waals surface area contributed by atoms with E-state index < -0.39 is 16.4 Å². The van der Waals surface area contributed by atoms with Gasteiger partial charge < -0.3 is 16.4 Å². The van der Waals surface area contributed by atoms with Gasteiger partial charge in [0.25, 0.3) is 0 Å². The van der Waals surface area contributed by atoms with Crippen LogP contribution in [-0.4, -0.2) is 20.9 Å². The number of nitrogens with two attached hydrogens (primary N) is 1. The summed E-state index contributed by atoms with van der Waals surface area (Å²) in [5.41, 5.74) is 5.54. The lowest BCUT2D eigenvalue weighted by Crippen LogP contribution is -2.17. The Morgan fingerprint density at radius 3 is 2.78 bits per heavy atom. The van der Waals surface area contributed by atoms with Crippen molar-refractivity contribution in [2.75, 3.05) is 16.4 Å². The van der Waals surface area contributed by atoms with Crippen molar-refractivity contribution in [1.82, 2.24) is 9.97 Å². The minimum Gasteiger partial charge on any atom is -0.378 e. The van der Waals surface area contributed by atoms with Crippen LogP contribution in [0.15, 0.2) is 24.3 Å². The Morgan fingerprint density at radius 1 is 1.43 bits per heavy atom. The zero-order chi connectivity index (χ0) is 17.0. The van der Waals surface area contributed by atoms with Gasteiger partial charge in [0, 0.05) is 11.7 Å². The quantitative estimate of drug-likeness (QED) is 0.552. The van der Waals surface area contributed by atoms with Crippen LogP contribution in [0.2, 0.25) is 0 Å². The molecular weight excluding hydrogens is 303 g/mol. The number of aromatic nitrogens is 2. The van der Waals surface area contributed by atoms with Crippen molar-refractivity contribution < 1.29 is 9.31 Å². The SMILES string of the molecule is CCC(C)Nc1nc(N)c([N+](=O)[O-])c(Nc2cccc(F)c2)n1. The van der Waals surface area contributed by atoms with Crippen LogP contribution in [0.5, 0.6) is 0 Å². The number of benzene rings is 1. The van der Waals surface area contributed by atoms with Crippen LogP contribution in [0.1, 0.15) is 20.3 Å². The molecule has 122 valence electrons. The predicted molar refractivity (Wildman–Crippen MR) is 86.2 cm³/mol. The van der Waals surface area contributed by atoms with Crippen molar-refractivity contribution in [3.63, 3.8) is 0 Å². The van der Waals surface area contributed by atoms with Gasteiger partial charge in [-0.2, -0.15) is 9.97 Å². The molecule has 0 fully saturated rings. The summed E-state index contributed by atoms with van der Waals surface area (Å²) in [4.78, 5) is 18.5. The third kappa shape index (κ3) is 4.02. The van der Waals surface area contributed by atoms with Gasteiger partial charge in [0.2, 0.25) is 17.6 Å². The van der Waals surface area contributed by atoms with Gasteiger partial charge in [-0.25, -0.2) is 4.39 Å². The second-order valence-electron chi connectivity index (χ2n) is 4.98. The third-order valence-corrected chi connectivity index (χ3v) is 3.17. The molecule has 4 N–H and O–H groups in total. The standard InChI is InChI=1S/C14H17FN6O2/c1-3-8(2)17-14-19-12(16)11(21(22)23)13(20-14)18-10-6-4-5-9(15)7-10/h4-8H,3H2,1-2H3,(H4,16,17,18,19,20). The van der Waals surface area contributed by atoms with Crippen molar-refractivity contribution >= 4 is 29.0 Å². The number of halogens is 1. The van der Waals surface area contributed by atoms with Gasteiger partial charge in [0.15, 0.2) is 0 Å². The second-order valence-corrected chi connectivity index (χ2v) is 4.98. The number of nitro groups is 1. The van der Waals surface area contributed by atoms with Gasteiger partial charge in [0.05, 0.1) is 4.92 Å². The van der Waals surface area contributed by atoms with Gasteiger partial charge >= 0.3 is 5.69 Å². The smallest absolute Gasteiger partial charge is 0.353 e. The Labute approximate surface area is 132 Å². The zero-order valence-corrected chi connectivity index (χ0v) is 12.7. The van der Waals surface area contributed by atoms with Crippen molar-refractivity contribution in [2.45, 2.75) is 26.3 Å². The van der Waals surface area contributed by atoms with Crippen LogP contribution in [0.25, 0.3) is 0 Å². The van der Waals surface area contributed by atoms with E-state index in [0.29, 0.717) is 5.69 Å². The molecule has 0 radical (unpaired) electrons. The summed E-state index contributed by atoms with van der Waals surface area (Å²) in [6.07, 6.45) is 0.812. The zero-order valence-electron chi connectivity index (χ0n) is 12.7. The monoisotopic (exact) mass is 320 g/mol. The predicted octanol–water partition coefficient (Wildman–Crippen LogP) is 3.06. The van der Waals surface area contributed by atoms with Crippen LogP contribution in [0, 0.1) is 15.9 Å². The van der Waals surface area contributed by atoms with Crippen molar-refractivity contribution in [3.05, 3.63) is 40.2 Å². The first-order valence-electron chi connectivity index (χ1n) is 7.01. The fourth-order valence-corrected chi connectivity index (χ4v) is 1.83. The maximum atomic E-state index is 13.3. The maximum Gasteiger partial charge on any atom is 0.353 e. The van der Waals surface area contributed by atoms with Gasteiger partial charge in [-0.3, -0.25) is 10.1 Å². The molecule has 23 heavy (non-hydrogen) atoms. The molecular formula is C14H17FN6O2. The number of anilines is 4. The molecule has 1 atom stereocenters. The molecule has 1 aromatic carbocycles. The first kappa shape index (κ1) is 16.4. The molecule has 8 nitrogen and oxygen atoms in total. The molecule has 0 spiro atoms. The first-order chi connectivity index (χ1) is 10.9. The maximum absolute atomic E-state index is 13.3. The first-order valence-corrected chi connectivity index (χ1v) is 7.01. The van der Waals surface area contributed by atoms with Crippen LogP contribution < -0.4 is 16.4 Å². The van der Waals surface area contributed by atoms with E-state index in [1.165, 1.54) is 18.2 Å². The van der Waals surface area contributed by atoms with Crippen molar-refractivity contribution in [2.24, 2.45) is 0 Å². The lowest BCUT2D eigenvalue weighted by Gasteiger charge is -2.13. The van der Waals surface area contributed by atoms with E-state index in [-0.39, 0.29) is 23.6 Å². The van der Waals surface area contributed by atoms with Gasteiger partial charge in [-0.1, -0.05) is 13.0 Å². The Kier molecular flexibility index (Phi) is 4.89. The minimum atomic E-state index is -0.677. The van der Waals surface area contributed by atoms with E-state index in [4.69, 9.17) is 5.73 Å². The summed E-state index contributed by atoms with van der Waals surface area (Å²) in [6, 6.07) is 5.57. The lowest BCUT2D eigenvalue weighted by molar-refractivity contribution is -0.383. The summed E-state index contributed by atoms with van der Waals surface area (Å²) in [5, 5.41) is 16.9. The van der Waals surface area contributed by atoms with Crippen molar-refractivity contribution in [1.29, 1.82) is 0 Å². The van der Waals surface area contributed by atoms with Crippen molar-refractivity contribution in [3.8, 4) is 0 Å². The van der Waals surface area contributed by atoms with Gasteiger partial charge in [-0.15, -0.1) is 0 Å². The van der Waals surface area contributed by atoms with Gasteiger partial charge in [0.1, 0.15) is 5.82 Å². The Balaban J connectivity index is 2.43. The van der Waals surface area contributed by atoms with E-state index in [2.05, 4.69) is 20.6 Å². The number of nitrogen functional groups attached to an aromatic ring is 1. The molecule has 0 amide bonds. The number of nitrogens with zero attached hydrogens (tertiary/aromatic N) is 3. The molecule has 0 aliphatic heterocycles. The van der Waals surface area contributed by atoms with E-state index in [9.17, 15) is 14.5 Å². The number of rotatable bonds is 6. The second kappa shape index (κ2) is 6.86. The molecule has 0 saturated heterocycles.